The monoisotopic (exact) mass is 681 g/mol. The SMILES string of the molecule is CC/C=C\C/C=C\C/C=C\CCCCC(=O)OCC(COC(=O)C/C=C\C/C=C\C/C=C\CC)OC(=O)CCCCCC/C=C\CCCC. The molecule has 0 aromatic heterocycles. The zero-order valence-corrected chi connectivity index (χ0v) is 31.2. The molecule has 0 saturated carbocycles. The lowest BCUT2D eigenvalue weighted by atomic mass is 10.1. The molecule has 1 atom stereocenters. The Morgan fingerprint density at radius 2 is 0.878 bits per heavy atom. The topological polar surface area (TPSA) is 78.9 Å². The van der Waals surface area contributed by atoms with Crippen LogP contribution >= 0.6 is 0 Å². The van der Waals surface area contributed by atoms with Gasteiger partial charge in [0, 0.05) is 12.8 Å². The normalized spacial score (nSPS) is 13.0. The summed E-state index contributed by atoms with van der Waals surface area (Å²) in [6, 6.07) is 0. The van der Waals surface area contributed by atoms with E-state index in [1.54, 1.807) is 6.08 Å². The molecule has 0 aliphatic heterocycles. The van der Waals surface area contributed by atoms with Gasteiger partial charge in [0.2, 0.25) is 0 Å². The van der Waals surface area contributed by atoms with E-state index in [4.69, 9.17) is 14.2 Å². The van der Waals surface area contributed by atoms with Crippen molar-refractivity contribution in [3.05, 3.63) is 85.1 Å². The molecule has 0 aliphatic carbocycles. The molecule has 0 bridgehead atoms. The molecule has 0 radical (unpaired) electrons. The van der Waals surface area contributed by atoms with Gasteiger partial charge >= 0.3 is 17.9 Å². The minimum atomic E-state index is -0.829. The van der Waals surface area contributed by atoms with Crippen LogP contribution in [0.4, 0.5) is 0 Å². The highest BCUT2D eigenvalue weighted by atomic mass is 16.6. The Morgan fingerprint density at radius 1 is 0.449 bits per heavy atom. The zero-order chi connectivity index (χ0) is 35.9. The van der Waals surface area contributed by atoms with Gasteiger partial charge in [0.15, 0.2) is 6.10 Å². The summed E-state index contributed by atoms with van der Waals surface area (Å²) in [4.78, 5) is 37.3. The van der Waals surface area contributed by atoms with Gasteiger partial charge in [-0.3, -0.25) is 14.4 Å². The Morgan fingerprint density at radius 3 is 1.47 bits per heavy atom. The lowest BCUT2D eigenvalue weighted by Crippen LogP contribution is -2.30. The summed E-state index contributed by atoms with van der Waals surface area (Å²) in [5.41, 5.74) is 0. The van der Waals surface area contributed by atoms with Crippen LogP contribution in [0.1, 0.15) is 149 Å². The van der Waals surface area contributed by atoms with E-state index in [0.717, 1.165) is 89.9 Å². The third kappa shape index (κ3) is 35.7. The van der Waals surface area contributed by atoms with Gasteiger partial charge in [-0.05, 0) is 83.5 Å². The van der Waals surface area contributed by atoms with Crippen LogP contribution < -0.4 is 0 Å². The van der Waals surface area contributed by atoms with E-state index >= 15 is 0 Å². The molecule has 0 aromatic carbocycles. The highest BCUT2D eigenvalue weighted by Crippen LogP contribution is 2.10. The molecule has 0 aromatic rings. The average molecular weight is 681 g/mol. The zero-order valence-electron chi connectivity index (χ0n) is 31.2. The van der Waals surface area contributed by atoms with Crippen molar-refractivity contribution in [3.8, 4) is 0 Å². The minimum Gasteiger partial charge on any atom is -0.462 e. The maximum absolute atomic E-state index is 12.6. The van der Waals surface area contributed by atoms with Crippen LogP contribution in [0, 0.1) is 0 Å². The first-order chi connectivity index (χ1) is 24.0. The average Bonchev–Trinajstić information content (AvgIpc) is 3.10. The molecule has 6 nitrogen and oxygen atoms in total. The molecule has 6 heteroatoms. The highest BCUT2D eigenvalue weighted by Gasteiger charge is 2.19. The molecule has 276 valence electrons. The predicted octanol–water partition coefficient (Wildman–Crippen LogP) is 11.7. The summed E-state index contributed by atoms with van der Waals surface area (Å²) in [5.74, 6) is -1.13. The number of carbonyl (C=O) groups is 3. The van der Waals surface area contributed by atoms with Crippen molar-refractivity contribution in [1.82, 2.24) is 0 Å². The summed E-state index contributed by atoms with van der Waals surface area (Å²) < 4.78 is 16.4. The van der Waals surface area contributed by atoms with Crippen LogP contribution in [0.2, 0.25) is 0 Å². The van der Waals surface area contributed by atoms with Crippen molar-refractivity contribution >= 4 is 17.9 Å². The van der Waals surface area contributed by atoms with Gasteiger partial charge in [-0.1, -0.05) is 132 Å². The van der Waals surface area contributed by atoms with Crippen molar-refractivity contribution in [2.75, 3.05) is 13.2 Å². The number of allylic oxidation sites excluding steroid dienone is 13. The van der Waals surface area contributed by atoms with Crippen LogP contribution in [0.5, 0.6) is 0 Å². The van der Waals surface area contributed by atoms with Crippen molar-refractivity contribution in [2.45, 2.75) is 155 Å². The third-order valence-corrected chi connectivity index (χ3v) is 7.40. The van der Waals surface area contributed by atoms with E-state index in [2.05, 4.69) is 93.7 Å². The van der Waals surface area contributed by atoms with Gasteiger partial charge in [0.1, 0.15) is 13.2 Å². The Balaban J connectivity index is 4.57. The molecule has 0 spiro atoms. The van der Waals surface area contributed by atoms with Crippen LogP contribution in [-0.4, -0.2) is 37.2 Å². The van der Waals surface area contributed by atoms with Crippen molar-refractivity contribution in [2.24, 2.45) is 0 Å². The first kappa shape index (κ1) is 45.6. The summed E-state index contributed by atoms with van der Waals surface area (Å²) in [7, 11) is 0. The van der Waals surface area contributed by atoms with Gasteiger partial charge in [0.05, 0.1) is 6.42 Å². The molecule has 1 unspecified atom stereocenters. The smallest absolute Gasteiger partial charge is 0.309 e. The maximum atomic E-state index is 12.6. The molecule has 0 rings (SSSR count). The van der Waals surface area contributed by atoms with Gasteiger partial charge < -0.3 is 14.2 Å². The first-order valence-corrected chi connectivity index (χ1v) is 19.1. The lowest BCUT2D eigenvalue weighted by molar-refractivity contribution is -0.166. The van der Waals surface area contributed by atoms with Gasteiger partial charge in [0.25, 0.3) is 0 Å². The second-order valence-corrected chi connectivity index (χ2v) is 12.1. The van der Waals surface area contributed by atoms with Crippen molar-refractivity contribution in [1.29, 1.82) is 0 Å². The summed E-state index contributed by atoms with van der Waals surface area (Å²) in [5, 5.41) is 0. The molecule has 0 heterocycles. The van der Waals surface area contributed by atoms with Crippen LogP contribution in [0.3, 0.4) is 0 Å². The fourth-order valence-electron chi connectivity index (χ4n) is 4.55. The number of ether oxygens (including phenoxy) is 3. The van der Waals surface area contributed by atoms with E-state index in [0.29, 0.717) is 12.8 Å². The number of carbonyl (C=O) groups excluding carboxylic acids is 3. The van der Waals surface area contributed by atoms with E-state index in [1.165, 1.54) is 12.8 Å². The van der Waals surface area contributed by atoms with Crippen molar-refractivity contribution < 1.29 is 28.6 Å². The Bertz CT molecular complexity index is 1010. The van der Waals surface area contributed by atoms with E-state index in [-0.39, 0.29) is 38.0 Å². The van der Waals surface area contributed by atoms with Gasteiger partial charge in [-0.25, -0.2) is 0 Å². The highest BCUT2D eigenvalue weighted by molar-refractivity contribution is 5.72. The number of hydrogen-bond acceptors (Lipinski definition) is 6. The second kappa shape index (κ2) is 37.4. The molecule has 0 amide bonds. The van der Waals surface area contributed by atoms with Crippen LogP contribution in [0.25, 0.3) is 0 Å². The van der Waals surface area contributed by atoms with Gasteiger partial charge in [-0.15, -0.1) is 0 Å². The quantitative estimate of drug-likeness (QED) is 0.0304. The lowest BCUT2D eigenvalue weighted by Gasteiger charge is -2.18. The predicted molar refractivity (Wildman–Crippen MR) is 205 cm³/mol. The first-order valence-electron chi connectivity index (χ1n) is 19.1. The number of esters is 3. The minimum absolute atomic E-state index is 0.124. The third-order valence-electron chi connectivity index (χ3n) is 7.40. The number of unbranched alkanes of at least 4 members (excludes halogenated alkanes) is 8. The molecule has 0 N–H and O–H groups in total. The summed E-state index contributed by atoms with van der Waals surface area (Å²) in [6.07, 6.45) is 46.1. The molecule has 0 saturated heterocycles. The fraction of sp³-hybridized carbons (Fsp3) is 0.605. The standard InChI is InChI=1S/C43H68O6/c1-4-7-10-13-16-19-21-22-25-27-30-33-36-42(45)48-39-40(38-47-41(44)35-32-29-26-23-18-15-12-9-6-3)49-43(46)37-34-31-28-24-20-17-14-11-8-5-2/h7,9-10,12,14,16-19,22-23,25,29,32,40H,4-6,8,11,13,15,20-21,24,26-28,30-31,33-39H2,1-3H3/b10-7-,12-9-,17-14-,19-16-,23-18-,25-22-,32-29-. The van der Waals surface area contributed by atoms with Gasteiger partial charge in [-0.2, -0.15) is 0 Å². The Hall–Kier alpha value is -3.41. The fourth-order valence-corrected chi connectivity index (χ4v) is 4.55. The van der Waals surface area contributed by atoms with E-state index in [9.17, 15) is 14.4 Å². The van der Waals surface area contributed by atoms with Crippen LogP contribution in [-0.2, 0) is 28.6 Å². The van der Waals surface area contributed by atoms with E-state index < -0.39 is 12.1 Å². The summed E-state index contributed by atoms with van der Waals surface area (Å²) in [6.45, 7) is 6.16. The summed E-state index contributed by atoms with van der Waals surface area (Å²) >= 11 is 0. The van der Waals surface area contributed by atoms with E-state index in [1.807, 2.05) is 6.08 Å². The molecular weight excluding hydrogens is 612 g/mol. The molecular formula is C43H68O6. The maximum Gasteiger partial charge on any atom is 0.309 e. The number of hydrogen-bond donors (Lipinski definition) is 0. The van der Waals surface area contributed by atoms with Crippen molar-refractivity contribution in [3.63, 3.8) is 0 Å². The second-order valence-electron chi connectivity index (χ2n) is 12.1. The molecule has 0 aliphatic rings. The van der Waals surface area contributed by atoms with Crippen LogP contribution in [0.15, 0.2) is 85.1 Å². The Labute approximate surface area is 299 Å². The molecule has 49 heavy (non-hydrogen) atoms. The number of rotatable bonds is 32. The molecule has 0 fully saturated rings. The Kier molecular flexibility index (Phi) is 34.8. The largest absolute Gasteiger partial charge is 0.462 e.